The van der Waals surface area contributed by atoms with Crippen LogP contribution in [0.3, 0.4) is 0 Å². The van der Waals surface area contributed by atoms with E-state index in [2.05, 4.69) is 21.8 Å². The summed E-state index contributed by atoms with van der Waals surface area (Å²) < 4.78 is 19.5. The highest BCUT2D eigenvalue weighted by molar-refractivity contribution is 5.92. The van der Waals surface area contributed by atoms with Crippen molar-refractivity contribution in [3.05, 3.63) is 35.0 Å². The Morgan fingerprint density at radius 1 is 1.17 bits per heavy atom. The summed E-state index contributed by atoms with van der Waals surface area (Å²) in [6.45, 7) is 4.70. The number of aromatic nitrogens is 3. The largest absolute Gasteiger partial charge is 0.456 e. The van der Waals surface area contributed by atoms with E-state index in [-0.39, 0.29) is 30.2 Å². The summed E-state index contributed by atoms with van der Waals surface area (Å²) in [6.07, 6.45) is 9.33. The average Bonchev–Trinajstić information content (AvgIpc) is 3.50. The van der Waals surface area contributed by atoms with Gasteiger partial charge in [0.05, 0.1) is 24.9 Å². The highest BCUT2D eigenvalue weighted by Crippen LogP contribution is 2.34. The van der Waals surface area contributed by atoms with E-state index in [1.165, 1.54) is 32.1 Å². The van der Waals surface area contributed by atoms with Gasteiger partial charge in [-0.1, -0.05) is 37.3 Å². The number of fused-ring (bicyclic) bond motifs is 1. The molecule has 1 saturated carbocycles. The van der Waals surface area contributed by atoms with Crippen LogP contribution in [0.15, 0.2) is 16.7 Å². The number of furan rings is 1. The Morgan fingerprint density at radius 2 is 1.97 bits per heavy atom. The van der Waals surface area contributed by atoms with E-state index < -0.39 is 0 Å². The molecule has 0 aromatic carbocycles. The summed E-state index contributed by atoms with van der Waals surface area (Å²) in [5, 5.41) is 11.8. The van der Waals surface area contributed by atoms with Crippen molar-refractivity contribution >= 4 is 5.91 Å². The molecule has 0 radical (unpaired) electrons. The maximum atomic E-state index is 12.6. The summed E-state index contributed by atoms with van der Waals surface area (Å²) >= 11 is 0. The Hall–Kier alpha value is -2.19. The SMILES string of the molecule is Cc1cc(C(=O)NC2COC3C2OCC3n2cc(CC3CCCCC3)nn2)oc1C. The summed E-state index contributed by atoms with van der Waals surface area (Å²) in [5.41, 5.74) is 2.02. The van der Waals surface area contributed by atoms with Gasteiger partial charge in [-0.15, -0.1) is 5.10 Å². The van der Waals surface area contributed by atoms with E-state index in [9.17, 15) is 4.79 Å². The minimum Gasteiger partial charge on any atom is -0.456 e. The number of hydrogen-bond acceptors (Lipinski definition) is 6. The van der Waals surface area contributed by atoms with Crippen molar-refractivity contribution in [1.82, 2.24) is 20.3 Å². The third-order valence-corrected chi connectivity index (χ3v) is 6.85. The maximum absolute atomic E-state index is 12.6. The van der Waals surface area contributed by atoms with Gasteiger partial charge in [-0.05, 0) is 37.8 Å². The highest BCUT2D eigenvalue weighted by Gasteiger charge is 2.49. The molecule has 3 aliphatic rings. The summed E-state index contributed by atoms with van der Waals surface area (Å²) in [4.78, 5) is 12.6. The first kappa shape index (κ1) is 19.8. The number of nitrogens with one attached hydrogen (secondary N) is 1. The smallest absolute Gasteiger partial charge is 0.287 e. The second-order valence-corrected chi connectivity index (χ2v) is 8.99. The van der Waals surface area contributed by atoms with Crippen molar-refractivity contribution in [2.45, 2.75) is 76.7 Å². The lowest BCUT2D eigenvalue weighted by molar-refractivity contribution is 0.0612. The van der Waals surface area contributed by atoms with Gasteiger partial charge in [-0.25, -0.2) is 4.68 Å². The Bertz CT molecular complexity index is 881. The number of ether oxygens (including phenoxy) is 2. The number of amides is 1. The fourth-order valence-electron chi connectivity index (χ4n) is 5.01. The first-order valence-electron chi connectivity index (χ1n) is 11.1. The number of carbonyl (C=O) groups excluding carboxylic acids is 1. The molecular formula is C22H30N4O4. The van der Waals surface area contributed by atoms with Gasteiger partial charge >= 0.3 is 0 Å². The summed E-state index contributed by atoms with van der Waals surface area (Å²) in [7, 11) is 0. The molecule has 2 saturated heterocycles. The Balaban J connectivity index is 1.21. The van der Waals surface area contributed by atoms with Crippen molar-refractivity contribution in [3.63, 3.8) is 0 Å². The zero-order chi connectivity index (χ0) is 20.7. The molecule has 4 unspecified atom stereocenters. The monoisotopic (exact) mass is 414 g/mol. The summed E-state index contributed by atoms with van der Waals surface area (Å²) in [6, 6.07) is 1.54. The van der Waals surface area contributed by atoms with Gasteiger partial charge in [0.2, 0.25) is 0 Å². The maximum Gasteiger partial charge on any atom is 0.287 e. The third-order valence-electron chi connectivity index (χ3n) is 6.85. The molecule has 4 atom stereocenters. The number of carbonyl (C=O) groups is 1. The topological polar surface area (TPSA) is 91.4 Å². The van der Waals surface area contributed by atoms with Gasteiger partial charge in [0.15, 0.2) is 5.76 Å². The van der Waals surface area contributed by atoms with Crippen LogP contribution in [0.5, 0.6) is 0 Å². The van der Waals surface area contributed by atoms with Crippen molar-refractivity contribution in [2.75, 3.05) is 13.2 Å². The predicted octanol–water partition coefficient (Wildman–Crippen LogP) is 2.75. The number of hydrogen-bond donors (Lipinski definition) is 1. The van der Waals surface area contributed by atoms with Gasteiger partial charge in [-0.2, -0.15) is 0 Å². The van der Waals surface area contributed by atoms with Crippen molar-refractivity contribution < 1.29 is 18.7 Å². The third kappa shape index (κ3) is 3.78. The molecule has 1 amide bonds. The molecule has 1 aliphatic carbocycles. The molecule has 0 spiro atoms. The van der Waals surface area contributed by atoms with Gasteiger partial charge in [0, 0.05) is 6.20 Å². The van der Waals surface area contributed by atoms with E-state index in [0.29, 0.717) is 19.0 Å². The van der Waals surface area contributed by atoms with E-state index in [0.717, 1.165) is 29.4 Å². The first-order chi connectivity index (χ1) is 14.6. The van der Waals surface area contributed by atoms with Crippen LogP contribution in [0.2, 0.25) is 0 Å². The molecule has 5 rings (SSSR count). The fourth-order valence-corrected chi connectivity index (χ4v) is 5.01. The lowest BCUT2D eigenvalue weighted by atomic mass is 9.86. The first-order valence-corrected chi connectivity index (χ1v) is 11.1. The molecule has 8 heteroatoms. The zero-order valence-electron chi connectivity index (χ0n) is 17.7. The lowest BCUT2D eigenvalue weighted by Crippen LogP contribution is -2.44. The number of aryl methyl sites for hydroxylation is 2. The standard InChI is InChI=1S/C22H30N4O4/c1-13-8-19(30-14(13)2)22(27)23-17-11-28-21-18(12-29-20(17)21)26-10-16(24-25-26)9-15-6-4-3-5-7-15/h8,10,15,17-18,20-21H,3-7,9,11-12H2,1-2H3,(H,23,27). The minimum absolute atomic E-state index is 0.0161. The molecule has 8 nitrogen and oxygen atoms in total. The van der Waals surface area contributed by atoms with Crippen molar-refractivity contribution in [1.29, 1.82) is 0 Å². The molecule has 3 fully saturated rings. The van der Waals surface area contributed by atoms with Crippen LogP contribution < -0.4 is 5.32 Å². The average molecular weight is 415 g/mol. The molecule has 0 bridgehead atoms. The van der Waals surface area contributed by atoms with E-state index in [1.807, 2.05) is 18.5 Å². The quantitative estimate of drug-likeness (QED) is 0.809. The Labute approximate surface area is 176 Å². The second kappa shape index (κ2) is 8.15. The Kier molecular flexibility index (Phi) is 5.37. The van der Waals surface area contributed by atoms with Crippen LogP contribution in [0, 0.1) is 19.8 Å². The molecule has 2 aromatic heterocycles. The summed E-state index contributed by atoms with van der Waals surface area (Å²) in [5.74, 6) is 1.58. The normalized spacial score (nSPS) is 29.3. The van der Waals surface area contributed by atoms with E-state index >= 15 is 0 Å². The van der Waals surface area contributed by atoms with E-state index in [4.69, 9.17) is 13.9 Å². The van der Waals surface area contributed by atoms with Crippen LogP contribution in [0.1, 0.15) is 65.7 Å². The molecule has 2 aromatic rings. The second-order valence-electron chi connectivity index (χ2n) is 8.99. The predicted molar refractivity (Wildman–Crippen MR) is 108 cm³/mol. The van der Waals surface area contributed by atoms with Gasteiger partial charge in [0.1, 0.15) is 24.0 Å². The van der Waals surface area contributed by atoms with Crippen LogP contribution in [-0.4, -0.2) is 52.4 Å². The lowest BCUT2D eigenvalue weighted by Gasteiger charge is -2.20. The Morgan fingerprint density at radius 3 is 2.73 bits per heavy atom. The number of rotatable bonds is 5. The van der Waals surface area contributed by atoms with Gasteiger partial charge in [-0.3, -0.25) is 4.79 Å². The minimum atomic E-state index is -0.233. The highest BCUT2D eigenvalue weighted by atomic mass is 16.6. The molecule has 2 aliphatic heterocycles. The molecule has 4 heterocycles. The zero-order valence-corrected chi connectivity index (χ0v) is 17.7. The van der Waals surface area contributed by atoms with Crippen molar-refractivity contribution in [2.24, 2.45) is 5.92 Å². The van der Waals surface area contributed by atoms with Crippen LogP contribution in [0.4, 0.5) is 0 Å². The molecule has 30 heavy (non-hydrogen) atoms. The fraction of sp³-hybridized carbons (Fsp3) is 0.682. The van der Waals surface area contributed by atoms with Crippen LogP contribution >= 0.6 is 0 Å². The molecular weight excluding hydrogens is 384 g/mol. The van der Waals surface area contributed by atoms with Gasteiger partial charge in [0.25, 0.3) is 5.91 Å². The van der Waals surface area contributed by atoms with E-state index in [1.54, 1.807) is 6.07 Å². The van der Waals surface area contributed by atoms with Gasteiger partial charge < -0.3 is 19.2 Å². The number of nitrogens with zero attached hydrogens (tertiary/aromatic N) is 3. The molecule has 162 valence electrons. The van der Waals surface area contributed by atoms with Crippen LogP contribution in [-0.2, 0) is 15.9 Å². The van der Waals surface area contributed by atoms with Crippen LogP contribution in [0.25, 0.3) is 0 Å². The van der Waals surface area contributed by atoms with Crippen molar-refractivity contribution in [3.8, 4) is 0 Å². The molecule has 1 N–H and O–H groups in total.